The first-order valence-corrected chi connectivity index (χ1v) is 7.12. The van der Waals surface area contributed by atoms with E-state index < -0.39 is 23.5 Å². The van der Waals surface area contributed by atoms with Crippen molar-refractivity contribution in [3.05, 3.63) is 53.6 Å². The lowest BCUT2D eigenvalue weighted by molar-refractivity contribution is -0.137. The Balaban J connectivity index is 2.36. The minimum absolute atomic E-state index is 0.0196. The molecule has 2 aromatic rings. The lowest BCUT2D eigenvalue weighted by Crippen LogP contribution is -2.14. The minimum Gasteiger partial charge on any atom is -0.455 e. The van der Waals surface area contributed by atoms with E-state index in [4.69, 9.17) is 21.6 Å². The first-order chi connectivity index (χ1) is 11.3. The normalized spacial score (nSPS) is 10.8. The number of hydrogen-bond donors (Lipinski definition) is 1. The molecule has 4 nitrogen and oxygen atoms in total. The number of halogens is 4. The Bertz CT molecular complexity index is 783. The predicted octanol–water partition coefficient (Wildman–Crippen LogP) is 4.55. The second-order valence-electron chi connectivity index (χ2n) is 4.63. The summed E-state index contributed by atoms with van der Waals surface area (Å²) >= 11 is 5.37. The largest absolute Gasteiger partial charge is 0.455 e. The topological polar surface area (TPSA) is 62.1 Å². The van der Waals surface area contributed by atoms with Gasteiger partial charge in [0.1, 0.15) is 11.6 Å². The SMILES string of the molecule is N#Cc1ccc(Oc2ccc(C(F)(F)F)cc2NC(=O)CCl)cc1. The van der Waals surface area contributed by atoms with Gasteiger partial charge in [0.05, 0.1) is 22.9 Å². The van der Waals surface area contributed by atoms with E-state index in [1.54, 1.807) is 0 Å². The monoisotopic (exact) mass is 354 g/mol. The molecule has 0 fully saturated rings. The van der Waals surface area contributed by atoms with Crippen LogP contribution in [0.25, 0.3) is 0 Å². The molecule has 24 heavy (non-hydrogen) atoms. The maximum Gasteiger partial charge on any atom is 0.416 e. The standard InChI is InChI=1S/C16H10ClF3N2O2/c17-8-15(23)22-13-7-11(16(18,19)20)3-6-14(13)24-12-4-1-10(9-21)2-5-12/h1-7H,8H2,(H,22,23). The third-order valence-electron chi connectivity index (χ3n) is 2.91. The highest BCUT2D eigenvalue weighted by atomic mass is 35.5. The molecule has 0 aromatic heterocycles. The van der Waals surface area contributed by atoms with Crippen molar-refractivity contribution < 1.29 is 22.7 Å². The summed E-state index contributed by atoms with van der Waals surface area (Å²) in [6, 6.07) is 10.6. The van der Waals surface area contributed by atoms with Crippen molar-refractivity contribution in [1.29, 1.82) is 5.26 Å². The first kappa shape index (κ1) is 17.6. The maximum absolute atomic E-state index is 12.8. The van der Waals surface area contributed by atoms with E-state index in [1.165, 1.54) is 24.3 Å². The third-order valence-corrected chi connectivity index (χ3v) is 3.16. The fourth-order valence-electron chi connectivity index (χ4n) is 1.80. The highest BCUT2D eigenvalue weighted by Gasteiger charge is 2.31. The van der Waals surface area contributed by atoms with E-state index in [9.17, 15) is 18.0 Å². The highest BCUT2D eigenvalue weighted by Crippen LogP contribution is 2.36. The summed E-state index contributed by atoms with van der Waals surface area (Å²) in [6.07, 6.45) is -4.56. The molecule has 1 N–H and O–H groups in total. The van der Waals surface area contributed by atoms with Gasteiger partial charge in [-0.15, -0.1) is 11.6 Å². The molecule has 1 amide bonds. The maximum atomic E-state index is 12.8. The van der Waals surface area contributed by atoms with Gasteiger partial charge in [-0.05, 0) is 42.5 Å². The zero-order valence-corrected chi connectivity index (χ0v) is 12.8. The number of hydrogen-bond acceptors (Lipinski definition) is 3. The molecule has 8 heteroatoms. The zero-order chi connectivity index (χ0) is 17.7. The molecule has 0 spiro atoms. The van der Waals surface area contributed by atoms with E-state index in [2.05, 4.69) is 5.32 Å². The van der Waals surface area contributed by atoms with Crippen LogP contribution in [0.4, 0.5) is 18.9 Å². The van der Waals surface area contributed by atoms with Gasteiger partial charge >= 0.3 is 6.18 Å². The van der Waals surface area contributed by atoms with E-state index >= 15 is 0 Å². The smallest absolute Gasteiger partial charge is 0.416 e. The van der Waals surface area contributed by atoms with Crippen molar-refractivity contribution in [3.63, 3.8) is 0 Å². The van der Waals surface area contributed by atoms with Gasteiger partial charge in [-0.2, -0.15) is 18.4 Å². The molecule has 0 heterocycles. The lowest BCUT2D eigenvalue weighted by Gasteiger charge is -2.15. The Morgan fingerprint density at radius 1 is 1.21 bits per heavy atom. The van der Waals surface area contributed by atoms with Gasteiger partial charge in [0.15, 0.2) is 5.75 Å². The Kier molecular flexibility index (Phi) is 5.31. The number of rotatable bonds is 4. The summed E-state index contributed by atoms with van der Waals surface area (Å²) in [4.78, 5) is 11.4. The first-order valence-electron chi connectivity index (χ1n) is 6.58. The molecule has 0 radical (unpaired) electrons. The second kappa shape index (κ2) is 7.23. The second-order valence-corrected chi connectivity index (χ2v) is 4.90. The Labute approximate surface area is 140 Å². The number of benzene rings is 2. The molecule has 0 aliphatic rings. The number of nitrogens with zero attached hydrogens (tertiary/aromatic N) is 1. The van der Waals surface area contributed by atoms with Crippen LogP contribution in [-0.2, 0) is 11.0 Å². The summed E-state index contributed by atoms with van der Waals surface area (Å²) < 4.78 is 43.9. The highest BCUT2D eigenvalue weighted by molar-refractivity contribution is 6.29. The number of carbonyl (C=O) groups is 1. The van der Waals surface area contributed by atoms with Crippen LogP contribution in [0, 0.1) is 11.3 Å². The lowest BCUT2D eigenvalue weighted by atomic mass is 10.1. The number of alkyl halides is 4. The van der Waals surface area contributed by atoms with Crippen molar-refractivity contribution in [2.75, 3.05) is 11.2 Å². The number of carbonyl (C=O) groups excluding carboxylic acids is 1. The van der Waals surface area contributed by atoms with Gasteiger partial charge < -0.3 is 10.1 Å². The van der Waals surface area contributed by atoms with Crippen LogP contribution in [0.3, 0.4) is 0 Å². The number of nitrogens with one attached hydrogen (secondary N) is 1. The third kappa shape index (κ3) is 4.40. The summed E-state index contributed by atoms with van der Waals surface area (Å²) in [7, 11) is 0. The summed E-state index contributed by atoms with van der Waals surface area (Å²) in [5.74, 6) is -0.756. The quantitative estimate of drug-likeness (QED) is 0.819. The van der Waals surface area contributed by atoms with Gasteiger partial charge in [0.25, 0.3) is 0 Å². The van der Waals surface area contributed by atoms with Crippen LogP contribution in [0.1, 0.15) is 11.1 Å². The summed E-state index contributed by atoms with van der Waals surface area (Å²) in [5.41, 5.74) is -0.676. The molecule has 0 unspecified atom stereocenters. The summed E-state index contributed by atoms with van der Waals surface area (Å²) in [6.45, 7) is 0. The molecule has 0 saturated carbocycles. The average Bonchev–Trinajstić information content (AvgIpc) is 2.56. The average molecular weight is 355 g/mol. The Morgan fingerprint density at radius 2 is 1.88 bits per heavy atom. The molecular formula is C16H10ClF3N2O2. The molecule has 2 aromatic carbocycles. The van der Waals surface area contributed by atoms with Crippen LogP contribution < -0.4 is 10.1 Å². The van der Waals surface area contributed by atoms with Gasteiger partial charge in [-0.3, -0.25) is 4.79 Å². The van der Waals surface area contributed by atoms with E-state index in [0.29, 0.717) is 11.3 Å². The van der Waals surface area contributed by atoms with Gasteiger partial charge in [0, 0.05) is 0 Å². The van der Waals surface area contributed by atoms with E-state index in [0.717, 1.165) is 18.2 Å². The molecule has 0 bridgehead atoms. The summed E-state index contributed by atoms with van der Waals surface area (Å²) in [5, 5.41) is 11.0. The molecule has 124 valence electrons. The predicted molar refractivity (Wildman–Crippen MR) is 82.0 cm³/mol. The van der Waals surface area contributed by atoms with Crippen LogP contribution >= 0.6 is 11.6 Å². The fraction of sp³-hybridized carbons (Fsp3) is 0.125. The molecule has 0 atom stereocenters. The number of amides is 1. The number of nitriles is 1. The van der Waals surface area contributed by atoms with Crippen molar-refractivity contribution >= 4 is 23.2 Å². The van der Waals surface area contributed by atoms with Crippen molar-refractivity contribution in [2.45, 2.75) is 6.18 Å². The molecule has 2 rings (SSSR count). The number of anilines is 1. The van der Waals surface area contributed by atoms with Crippen molar-refractivity contribution in [1.82, 2.24) is 0 Å². The van der Waals surface area contributed by atoms with Crippen LogP contribution in [-0.4, -0.2) is 11.8 Å². The van der Waals surface area contributed by atoms with Crippen LogP contribution in [0.5, 0.6) is 11.5 Å². The fourth-order valence-corrected chi connectivity index (χ4v) is 1.87. The van der Waals surface area contributed by atoms with Gasteiger partial charge in [-0.1, -0.05) is 0 Å². The van der Waals surface area contributed by atoms with Crippen LogP contribution in [0.2, 0.25) is 0 Å². The molecular weight excluding hydrogens is 345 g/mol. The van der Waals surface area contributed by atoms with E-state index in [-0.39, 0.29) is 11.4 Å². The Hall–Kier alpha value is -2.72. The van der Waals surface area contributed by atoms with Crippen molar-refractivity contribution in [3.8, 4) is 17.6 Å². The zero-order valence-electron chi connectivity index (χ0n) is 12.0. The molecule has 0 aliphatic heterocycles. The molecule has 0 saturated heterocycles. The Morgan fingerprint density at radius 3 is 2.42 bits per heavy atom. The minimum atomic E-state index is -4.56. The van der Waals surface area contributed by atoms with Gasteiger partial charge in [0.2, 0.25) is 5.91 Å². The van der Waals surface area contributed by atoms with Gasteiger partial charge in [-0.25, -0.2) is 0 Å². The van der Waals surface area contributed by atoms with E-state index in [1.807, 2.05) is 6.07 Å². The number of ether oxygens (including phenoxy) is 1. The van der Waals surface area contributed by atoms with Crippen molar-refractivity contribution in [2.24, 2.45) is 0 Å². The van der Waals surface area contributed by atoms with Crippen LogP contribution in [0.15, 0.2) is 42.5 Å². The molecule has 0 aliphatic carbocycles.